The van der Waals surface area contributed by atoms with E-state index < -0.39 is 5.25 Å². The molecule has 0 aliphatic carbocycles. The van der Waals surface area contributed by atoms with Gasteiger partial charge < -0.3 is 24.8 Å². The molecule has 1 unspecified atom stereocenters. The van der Waals surface area contributed by atoms with E-state index in [9.17, 15) is 9.59 Å². The van der Waals surface area contributed by atoms with Gasteiger partial charge in [-0.05, 0) is 54.1 Å². The molecule has 0 saturated heterocycles. The van der Waals surface area contributed by atoms with Crippen LogP contribution in [-0.4, -0.2) is 32.6 Å². The van der Waals surface area contributed by atoms with Crippen LogP contribution in [0.2, 0.25) is 0 Å². The lowest BCUT2D eigenvalue weighted by molar-refractivity contribution is -0.118. The predicted octanol–water partition coefficient (Wildman–Crippen LogP) is 6.19. The van der Waals surface area contributed by atoms with Crippen LogP contribution in [0.4, 0.5) is 11.4 Å². The summed E-state index contributed by atoms with van der Waals surface area (Å²) in [6.45, 7) is -0.0917. The van der Waals surface area contributed by atoms with Crippen molar-refractivity contribution in [2.24, 2.45) is 0 Å². The molecule has 38 heavy (non-hydrogen) atoms. The Morgan fingerprint density at radius 1 is 0.763 bits per heavy atom. The molecule has 0 aromatic heterocycles. The van der Waals surface area contributed by atoms with E-state index in [1.54, 1.807) is 56.7 Å². The van der Waals surface area contributed by atoms with Crippen LogP contribution in [0, 0.1) is 0 Å². The average Bonchev–Trinajstić information content (AvgIpc) is 2.96. The van der Waals surface area contributed by atoms with Gasteiger partial charge in [0.1, 0.15) is 22.5 Å². The van der Waals surface area contributed by atoms with Gasteiger partial charge in [0.15, 0.2) is 6.61 Å². The number of benzene rings is 4. The Hall–Kier alpha value is -4.43. The summed E-state index contributed by atoms with van der Waals surface area (Å²) in [4.78, 5) is 26.6. The molecule has 4 rings (SSSR count). The Morgan fingerprint density at radius 2 is 1.45 bits per heavy atom. The van der Waals surface area contributed by atoms with Crippen molar-refractivity contribution in [2.45, 2.75) is 10.1 Å². The van der Waals surface area contributed by atoms with E-state index in [0.717, 1.165) is 10.5 Å². The third kappa shape index (κ3) is 7.30. The van der Waals surface area contributed by atoms with Gasteiger partial charge in [0, 0.05) is 16.6 Å². The molecule has 7 nitrogen and oxygen atoms in total. The minimum absolute atomic E-state index is 0.0917. The molecule has 4 aromatic rings. The Balaban J connectivity index is 1.43. The summed E-state index contributed by atoms with van der Waals surface area (Å²) in [5.74, 6) is 1.31. The minimum Gasteiger partial charge on any atom is -0.497 e. The summed E-state index contributed by atoms with van der Waals surface area (Å²) in [7, 11) is 3.12. The van der Waals surface area contributed by atoms with Gasteiger partial charge in [-0.15, -0.1) is 11.8 Å². The molecule has 0 heterocycles. The molecule has 2 amide bonds. The molecule has 0 aliphatic heterocycles. The highest BCUT2D eigenvalue weighted by Gasteiger charge is 2.23. The standard InChI is InChI=1S/C30H28N2O5S/c1-35-24-15-18-26(27(19-24)36-2)32-30(34)29(21-9-5-3-6-10-21)38-25-16-13-22(14-17-25)31-28(33)20-37-23-11-7-4-8-12-23/h3-19,29H,20H2,1-2H3,(H,31,33)(H,32,34). The van der Waals surface area contributed by atoms with Crippen molar-refractivity contribution in [3.63, 3.8) is 0 Å². The fraction of sp³-hybridized carbons (Fsp3) is 0.133. The molecule has 0 saturated carbocycles. The number of para-hydroxylation sites is 1. The minimum atomic E-state index is -0.525. The number of hydrogen-bond donors (Lipinski definition) is 2. The lowest BCUT2D eigenvalue weighted by atomic mass is 10.1. The van der Waals surface area contributed by atoms with Gasteiger partial charge in [-0.25, -0.2) is 0 Å². The molecular formula is C30H28N2O5S. The number of amides is 2. The van der Waals surface area contributed by atoms with Crippen LogP contribution < -0.4 is 24.8 Å². The van der Waals surface area contributed by atoms with Crippen molar-refractivity contribution >= 4 is 35.0 Å². The highest BCUT2D eigenvalue weighted by Crippen LogP contribution is 2.38. The van der Waals surface area contributed by atoms with Crippen LogP contribution in [0.3, 0.4) is 0 Å². The quantitative estimate of drug-likeness (QED) is 0.226. The van der Waals surface area contributed by atoms with Crippen molar-refractivity contribution in [2.75, 3.05) is 31.5 Å². The first kappa shape index (κ1) is 26.6. The molecule has 0 aliphatic rings. The lowest BCUT2D eigenvalue weighted by Gasteiger charge is -2.19. The van der Waals surface area contributed by atoms with E-state index in [1.165, 1.54) is 11.8 Å². The highest BCUT2D eigenvalue weighted by atomic mass is 32.2. The molecule has 8 heteroatoms. The Bertz CT molecular complexity index is 1350. The summed E-state index contributed by atoms with van der Waals surface area (Å²) in [5.41, 5.74) is 2.05. The van der Waals surface area contributed by atoms with Gasteiger partial charge in [-0.2, -0.15) is 0 Å². The summed E-state index contributed by atoms with van der Waals surface area (Å²) in [6.07, 6.45) is 0. The smallest absolute Gasteiger partial charge is 0.262 e. The first-order valence-corrected chi connectivity index (χ1v) is 12.8. The van der Waals surface area contributed by atoms with E-state index in [0.29, 0.717) is 28.6 Å². The number of thioether (sulfide) groups is 1. The number of anilines is 2. The normalized spacial score (nSPS) is 11.2. The van der Waals surface area contributed by atoms with Crippen LogP contribution in [-0.2, 0) is 9.59 Å². The molecule has 2 N–H and O–H groups in total. The molecule has 1 atom stereocenters. The second-order valence-electron chi connectivity index (χ2n) is 8.14. The third-order valence-corrected chi connectivity index (χ3v) is 6.78. The number of carbonyl (C=O) groups is 2. The fourth-order valence-corrected chi connectivity index (χ4v) is 4.64. The maximum absolute atomic E-state index is 13.5. The van der Waals surface area contributed by atoms with Crippen LogP contribution in [0.5, 0.6) is 17.2 Å². The number of hydrogen-bond acceptors (Lipinski definition) is 6. The molecule has 4 aromatic carbocycles. The summed E-state index contributed by atoms with van der Waals surface area (Å²) < 4.78 is 16.2. The van der Waals surface area contributed by atoms with E-state index in [-0.39, 0.29) is 18.4 Å². The SMILES string of the molecule is COc1ccc(NC(=O)C(Sc2ccc(NC(=O)COc3ccccc3)cc2)c2ccccc2)c(OC)c1. The second kappa shape index (κ2) is 13.2. The second-order valence-corrected chi connectivity index (χ2v) is 9.32. The number of methoxy groups -OCH3 is 2. The molecule has 194 valence electrons. The topological polar surface area (TPSA) is 85.9 Å². The van der Waals surface area contributed by atoms with Crippen molar-refractivity contribution in [1.29, 1.82) is 0 Å². The maximum atomic E-state index is 13.5. The zero-order chi connectivity index (χ0) is 26.7. The zero-order valence-corrected chi connectivity index (χ0v) is 21.9. The van der Waals surface area contributed by atoms with Crippen molar-refractivity contribution < 1.29 is 23.8 Å². The fourth-order valence-electron chi connectivity index (χ4n) is 3.62. The number of rotatable bonds is 11. The Kier molecular flexibility index (Phi) is 9.26. The zero-order valence-electron chi connectivity index (χ0n) is 21.0. The van der Waals surface area contributed by atoms with Gasteiger partial charge >= 0.3 is 0 Å². The Morgan fingerprint density at radius 3 is 2.11 bits per heavy atom. The molecule has 0 spiro atoms. The predicted molar refractivity (Wildman–Crippen MR) is 150 cm³/mol. The third-order valence-electron chi connectivity index (χ3n) is 5.51. The molecule has 0 fully saturated rings. The van der Waals surface area contributed by atoms with Crippen LogP contribution in [0.1, 0.15) is 10.8 Å². The number of carbonyl (C=O) groups excluding carboxylic acids is 2. The lowest BCUT2D eigenvalue weighted by Crippen LogP contribution is -2.20. The van der Waals surface area contributed by atoms with E-state index in [4.69, 9.17) is 14.2 Å². The van der Waals surface area contributed by atoms with Crippen molar-refractivity contribution in [3.05, 3.63) is 109 Å². The molecule has 0 bridgehead atoms. The van der Waals surface area contributed by atoms with Crippen LogP contribution in [0.15, 0.2) is 108 Å². The van der Waals surface area contributed by atoms with Gasteiger partial charge in [-0.1, -0.05) is 48.5 Å². The molecule has 0 radical (unpaired) electrons. The van der Waals surface area contributed by atoms with E-state index >= 15 is 0 Å². The monoisotopic (exact) mass is 528 g/mol. The van der Waals surface area contributed by atoms with E-state index in [1.807, 2.05) is 60.7 Å². The Labute approximate surface area is 226 Å². The van der Waals surface area contributed by atoms with Gasteiger partial charge in [0.2, 0.25) is 5.91 Å². The van der Waals surface area contributed by atoms with Crippen LogP contribution >= 0.6 is 11.8 Å². The summed E-state index contributed by atoms with van der Waals surface area (Å²) >= 11 is 1.41. The van der Waals surface area contributed by atoms with Gasteiger partial charge in [0.25, 0.3) is 5.91 Å². The first-order chi connectivity index (χ1) is 18.6. The summed E-state index contributed by atoms with van der Waals surface area (Å²) in [5, 5.41) is 5.29. The van der Waals surface area contributed by atoms with E-state index in [2.05, 4.69) is 10.6 Å². The van der Waals surface area contributed by atoms with Gasteiger partial charge in [0.05, 0.1) is 19.9 Å². The maximum Gasteiger partial charge on any atom is 0.262 e. The van der Waals surface area contributed by atoms with Crippen molar-refractivity contribution in [1.82, 2.24) is 0 Å². The first-order valence-electron chi connectivity index (χ1n) is 11.9. The number of nitrogens with one attached hydrogen (secondary N) is 2. The average molecular weight is 529 g/mol. The van der Waals surface area contributed by atoms with Crippen molar-refractivity contribution in [3.8, 4) is 17.2 Å². The largest absolute Gasteiger partial charge is 0.497 e. The number of ether oxygens (including phenoxy) is 3. The van der Waals surface area contributed by atoms with Crippen LogP contribution in [0.25, 0.3) is 0 Å². The van der Waals surface area contributed by atoms with Gasteiger partial charge in [-0.3, -0.25) is 9.59 Å². The highest BCUT2D eigenvalue weighted by molar-refractivity contribution is 8.00. The molecular weight excluding hydrogens is 500 g/mol. The summed E-state index contributed by atoms with van der Waals surface area (Å²) in [6, 6.07) is 31.3.